The molecule has 1 saturated heterocycles. The lowest BCUT2D eigenvalue weighted by Crippen LogP contribution is -2.32. The SMILES string of the molecule is O=c1c2cc(-c3ccc(Cl)cc3)nc(-c3cccnc3)c2ncn1C1COCC1O. The van der Waals surface area contributed by atoms with E-state index in [0.717, 1.165) is 11.1 Å². The number of hydrogen-bond donors (Lipinski definition) is 1. The van der Waals surface area contributed by atoms with E-state index >= 15 is 0 Å². The number of hydrogen-bond acceptors (Lipinski definition) is 6. The Kier molecular flexibility index (Phi) is 4.78. The number of ether oxygens (including phenoxy) is 1. The number of rotatable bonds is 3. The smallest absolute Gasteiger partial charge is 0.261 e. The molecule has 3 aromatic heterocycles. The van der Waals surface area contributed by atoms with Crippen LogP contribution in [0.5, 0.6) is 0 Å². The topological polar surface area (TPSA) is 90.1 Å². The molecule has 30 heavy (non-hydrogen) atoms. The minimum Gasteiger partial charge on any atom is -0.388 e. The maximum atomic E-state index is 13.4. The summed E-state index contributed by atoms with van der Waals surface area (Å²) < 4.78 is 6.76. The normalized spacial score (nSPS) is 18.7. The van der Waals surface area contributed by atoms with Crippen LogP contribution in [0.25, 0.3) is 33.4 Å². The lowest BCUT2D eigenvalue weighted by atomic mass is 10.1. The number of halogens is 1. The highest BCUT2D eigenvalue weighted by Crippen LogP contribution is 2.29. The van der Waals surface area contributed by atoms with Crippen molar-refractivity contribution < 1.29 is 9.84 Å². The van der Waals surface area contributed by atoms with Crippen molar-refractivity contribution in [2.75, 3.05) is 13.2 Å². The zero-order chi connectivity index (χ0) is 20.7. The lowest BCUT2D eigenvalue weighted by molar-refractivity contribution is 0.119. The molecule has 8 heteroatoms. The average molecular weight is 421 g/mol. The van der Waals surface area contributed by atoms with Gasteiger partial charge >= 0.3 is 0 Å². The van der Waals surface area contributed by atoms with Crippen LogP contribution in [0.3, 0.4) is 0 Å². The van der Waals surface area contributed by atoms with Crippen LogP contribution in [0.2, 0.25) is 5.02 Å². The first-order valence-corrected chi connectivity index (χ1v) is 9.83. The summed E-state index contributed by atoms with van der Waals surface area (Å²) in [6.45, 7) is 0.460. The standard InChI is InChI=1S/C22H17ClN4O3/c23-15-5-3-13(4-6-15)17-8-16-21(20(26-17)14-2-1-7-24-9-14)25-12-27(22(16)29)18-10-30-11-19(18)28/h1-9,12,18-19,28H,10-11H2. The molecule has 150 valence electrons. The number of benzene rings is 1. The first kappa shape index (κ1) is 18.9. The van der Waals surface area contributed by atoms with E-state index in [1.165, 1.54) is 10.9 Å². The molecule has 2 atom stereocenters. The first-order chi connectivity index (χ1) is 14.6. The predicted octanol–water partition coefficient (Wildman–Crippen LogP) is 3.11. The van der Waals surface area contributed by atoms with E-state index in [1.807, 2.05) is 24.3 Å². The van der Waals surface area contributed by atoms with E-state index in [1.54, 1.807) is 30.6 Å². The number of fused-ring (bicyclic) bond motifs is 1. The second kappa shape index (κ2) is 7.60. The molecule has 1 fully saturated rings. The molecule has 2 unspecified atom stereocenters. The van der Waals surface area contributed by atoms with Gasteiger partial charge in [-0.2, -0.15) is 0 Å². The summed E-state index contributed by atoms with van der Waals surface area (Å²) >= 11 is 6.03. The Morgan fingerprint density at radius 2 is 1.97 bits per heavy atom. The van der Waals surface area contributed by atoms with E-state index in [4.69, 9.17) is 21.3 Å². The van der Waals surface area contributed by atoms with E-state index < -0.39 is 12.1 Å². The molecular weight excluding hydrogens is 404 g/mol. The third kappa shape index (κ3) is 3.27. The third-order valence-corrected chi connectivity index (χ3v) is 5.47. The molecule has 4 heterocycles. The molecule has 1 aliphatic heterocycles. The fourth-order valence-electron chi connectivity index (χ4n) is 3.65. The molecule has 7 nitrogen and oxygen atoms in total. The molecule has 0 bridgehead atoms. The number of nitrogens with zero attached hydrogens (tertiary/aromatic N) is 4. The molecular formula is C22H17ClN4O3. The van der Waals surface area contributed by atoms with Crippen LogP contribution >= 0.6 is 11.6 Å². The molecule has 0 saturated carbocycles. The Hall–Kier alpha value is -3.13. The minimum absolute atomic E-state index is 0.197. The van der Waals surface area contributed by atoms with Gasteiger partial charge in [0.1, 0.15) is 11.6 Å². The third-order valence-electron chi connectivity index (χ3n) is 5.22. The highest BCUT2D eigenvalue weighted by molar-refractivity contribution is 6.30. The highest BCUT2D eigenvalue weighted by Gasteiger charge is 2.29. The van der Waals surface area contributed by atoms with Crippen LogP contribution in [-0.2, 0) is 4.74 Å². The molecule has 0 radical (unpaired) electrons. The van der Waals surface area contributed by atoms with Crippen molar-refractivity contribution in [2.45, 2.75) is 12.1 Å². The fraction of sp³-hybridized carbons (Fsp3) is 0.182. The number of pyridine rings is 2. The van der Waals surface area contributed by atoms with Crippen molar-refractivity contribution in [3.8, 4) is 22.5 Å². The van der Waals surface area contributed by atoms with Crippen LogP contribution < -0.4 is 5.56 Å². The molecule has 0 amide bonds. The summed E-state index contributed by atoms with van der Waals surface area (Å²) in [7, 11) is 0. The van der Waals surface area contributed by atoms with Gasteiger partial charge in [-0.1, -0.05) is 23.7 Å². The van der Waals surface area contributed by atoms with Crippen LogP contribution in [0.4, 0.5) is 0 Å². The Labute approximate surface area is 176 Å². The molecule has 5 rings (SSSR count). The molecule has 1 aromatic carbocycles. The van der Waals surface area contributed by atoms with Gasteiger partial charge in [0, 0.05) is 28.5 Å². The Morgan fingerprint density at radius 1 is 1.13 bits per heavy atom. The van der Waals surface area contributed by atoms with Crippen LogP contribution in [-0.4, -0.2) is 43.9 Å². The average Bonchev–Trinajstić information content (AvgIpc) is 3.20. The summed E-state index contributed by atoms with van der Waals surface area (Å²) in [4.78, 5) is 26.9. The van der Waals surface area contributed by atoms with Gasteiger partial charge < -0.3 is 9.84 Å². The van der Waals surface area contributed by atoms with Crippen molar-refractivity contribution >= 4 is 22.5 Å². The number of aromatic nitrogens is 4. The molecule has 0 aliphatic carbocycles. The summed E-state index contributed by atoms with van der Waals surface area (Å²) in [5.74, 6) is 0. The quantitative estimate of drug-likeness (QED) is 0.547. The minimum atomic E-state index is -0.752. The van der Waals surface area contributed by atoms with Gasteiger partial charge in [-0.15, -0.1) is 0 Å². The Bertz CT molecular complexity index is 1280. The van der Waals surface area contributed by atoms with E-state index in [9.17, 15) is 9.90 Å². The first-order valence-electron chi connectivity index (χ1n) is 9.46. The summed E-state index contributed by atoms with van der Waals surface area (Å²) in [5, 5.41) is 11.2. The van der Waals surface area contributed by atoms with Crippen molar-refractivity contribution in [3.05, 3.63) is 76.6 Å². The van der Waals surface area contributed by atoms with Crippen molar-refractivity contribution in [2.24, 2.45) is 0 Å². The van der Waals surface area contributed by atoms with Crippen molar-refractivity contribution in [3.63, 3.8) is 0 Å². The second-order valence-corrected chi connectivity index (χ2v) is 7.57. The maximum absolute atomic E-state index is 13.4. The van der Waals surface area contributed by atoms with Gasteiger partial charge in [0.2, 0.25) is 0 Å². The van der Waals surface area contributed by atoms with Gasteiger partial charge in [-0.3, -0.25) is 14.3 Å². The molecule has 1 aliphatic rings. The molecule has 4 aromatic rings. The van der Waals surface area contributed by atoms with Gasteiger partial charge in [0.05, 0.1) is 42.4 Å². The zero-order valence-electron chi connectivity index (χ0n) is 15.8. The highest BCUT2D eigenvalue weighted by atomic mass is 35.5. The van der Waals surface area contributed by atoms with Crippen molar-refractivity contribution in [1.82, 2.24) is 19.5 Å². The van der Waals surface area contributed by atoms with Gasteiger partial charge in [-0.25, -0.2) is 9.97 Å². The largest absolute Gasteiger partial charge is 0.388 e. The number of aliphatic hydroxyl groups is 1. The summed E-state index contributed by atoms with van der Waals surface area (Å²) in [6, 6.07) is 12.2. The van der Waals surface area contributed by atoms with Crippen LogP contribution in [0, 0.1) is 0 Å². The van der Waals surface area contributed by atoms with E-state index in [2.05, 4.69) is 9.97 Å². The summed E-state index contributed by atoms with van der Waals surface area (Å²) in [5.41, 5.74) is 3.00. The lowest BCUT2D eigenvalue weighted by Gasteiger charge is -2.17. The second-order valence-electron chi connectivity index (χ2n) is 7.13. The van der Waals surface area contributed by atoms with Crippen molar-refractivity contribution in [1.29, 1.82) is 0 Å². The predicted molar refractivity (Wildman–Crippen MR) is 113 cm³/mol. The zero-order valence-corrected chi connectivity index (χ0v) is 16.5. The Balaban J connectivity index is 1.78. The van der Waals surface area contributed by atoms with Gasteiger partial charge in [0.25, 0.3) is 5.56 Å². The van der Waals surface area contributed by atoms with Crippen LogP contribution in [0.1, 0.15) is 6.04 Å². The maximum Gasteiger partial charge on any atom is 0.261 e. The summed E-state index contributed by atoms with van der Waals surface area (Å²) in [6.07, 6.45) is 4.07. The van der Waals surface area contributed by atoms with Crippen LogP contribution in [0.15, 0.2) is 66.0 Å². The van der Waals surface area contributed by atoms with Gasteiger partial charge in [0.15, 0.2) is 0 Å². The van der Waals surface area contributed by atoms with Gasteiger partial charge in [-0.05, 0) is 30.3 Å². The van der Waals surface area contributed by atoms with E-state index in [0.29, 0.717) is 27.3 Å². The molecule has 1 N–H and O–H groups in total. The molecule has 0 spiro atoms. The fourth-order valence-corrected chi connectivity index (χ4v) is 3.78. The van der Waals surface area contributed by atoms with E-state index in [-0.39, 0.29) is 18.8 Å². The number of aliphatic hydroxyl groups excluding tert-OH is 1. The Morgan fingerprint density at radius 3 is 2.67 bits per heavy atom. The monoisotopic (exact) mass is 420 g/mol.